The normalized spacial score (nSPS) is 13.6. The number of rotatable bonds is 7. The standard InChI is InChI=1S/C13H22N2O5S/c1-6-15(8(2)7-20-5)21(18,19)12-9(3)11(13(16)17)14-10(12)4/h8,14H,6-7H2,1-5H3,(H,16,17). The molecule has 1 aromatic heterocycles. The second-order valence-corrected chi connectivity index (χ2v) is 6.72. The first-order valence-electron chi connectivity index (χ1n) is 6.61. The Kier molecular flexibility index (Phi) is 5.54. The Balaban J connectivity index is 3.39. The number of sulfonamides is 1. The summed E-state index contributed by atoms with van der Waals surface area (Å²) < 4.78 is 32.0. The third-order valence-electron chi connectivity index (χ3n) is 3.36. The molecule has 0 aromatic carbocycles. The zero-order valence-electron chi connectivity index (χ0n) is 12.9. The van der Waals surface area contributed by atoms with Crippen LogP contribution in [0.4, 0.5) is 0 Å². The van der Waals surface area contributed by atoms with Gasteiger partial charge in [-0.05, 0) is 20.8 Å². The van der Waals surface area contributed by atoms with E-state index in [1.807, 2.05) is 0 Å². The monoisotopic (exact) mass is 318 g/mol. The minimum atomic E-state index is -3.79. The number of methoxy groups -OCH3 is 1. The van der Waals surface area contributed by atoms with Gasteiger partial charge in [-0.3, -0.25) is 0 Å². The average Bonchev–Trinajstić information content (AvgIpc) is 2.66. The van der Waals surface area contributed by atoms with Gasteiger partial charge < -0.3 is 14.8 Å². The quantitative estimate of drug-likeness (QED) is 0.791. The molecule has 1 aromatic rings. The van der Waals surface area contributed by atoms with E-state index < -0.39 is 16.0 Å². The molecule has 1 rings (SSSR count). The van der Waals surface area contributed by atoms with Crippen LogP contribution >= 0.6 is 0 Å². The molecule has 2 N–H and O–H groups in total. The number of H-pyrrole nitrogens is 1. The van der Waals surface area contributed by atoms with E-state index in [4.69, 9.17) is 9.84 Å². The highest BCUT2D eigenvalue weighted by Crippen LogP contribution is 2.27. The highest BCUT2D eigenvalue weighted by Gasteiger charge is 2.33. The van der Waals surface area contributed by atoms with Crippen molar-refractivity contribution >= 4 is 16.0 Å². The predicted octanol–water partition coefficient (Wildman–Crippen LogP) is 1.38. The Morgan fingerprint density at radius 3 is 2.38 bits per heavy atom. The zero-order valence-corrected chi connectivity index (χ0v) is 13.7. The number of likely N-dealkylation sites (N-methyl/N-ethyl adjacent to an activating group) is 1. The molecule has 8 heteroatoms. The molecular weight excluding hydrogens is 296 g/mol. The number of carboxylic acid groups (broad SMARTS) is 1. The Hall–Kier alpha value is -1.38. The van der Waals surface area contributed by atoms with E-state index in [2.05, 4.69) is 4.98 Å². The van der Waals surface area contributed by atoms with E-state index in [1.165, 1.54) is 18.3 Å². The van der Waals surface area contributed by atoms with E-state index >= 15 is 0 Å². The van der Waals surface area contributed by atoms with Gasteiger partial charge in [0, 0.05) is 31.0 Å². The molecule has 1 unspecified atom stereocenters. The number of nitrogens with one attached hydrogen (secondary N) is 1. The van der Waals surface area contributed by atoms with Gasteiger partial charge >= 0.3 is 5.97 Å². The molecule has 0 aliphatic carbocycles. The van der Waals surface area contributed by atoms with E-state index in [9.17, 15) is 13.2 Å². The van der Waals surface area contributed by atoms with Crippen LogP contribution in [-0.2, 0) is 14.8 Å². The van der Waals surface area contributed by atoms with Crippen LogP contribution in [0.3, 0.4) is 0 Å². The van der Waals surface area contributed by atoms with Crippen molar-refractivity contribution in [1.29, 1.82) is 0 Å². The highest BCUT2D eigenvalue weighted by molar-refractivity contribution is 7.89. The van der Waals surface area contributed by atoms with Crippen molar-refractivity contribution in [2.75, 3.05) is 20.3 Å². The molecule has 120 valence electrons. The summed E-state index contributed by atoms with van der Waals surface area (Å²) >= 11 is 0. The van der Waals surface area contributed by atoms with Crippen LogP contribution < -0.4 is 0 Å². The number of hydrogen-bond donors (Lipinski definition) is 2. The fraction of sp³-hybridized carbons (Fsp3) is 0.615. The number of hydrogen-bond acceptors (Lipinski definition) is 4. The van der Waals surface area contributed by atoms with Gasteiger partial charge in [0.25, 0.3) is 0 Å². The molecule has 0 spiro atoms. The zero-order chi connectivity index (χ0) is 16.4. The summed E-state index contributed by atoms with van der Waals surface area (Å²) in [6, 6.07) is -0.341. The molecule has 0 bridgehead atoms. The van der Waals surface area contributed by atoms with Crippen LogP contribution in [0.5, 0.6) is 0 Å². The summed E-state index contributed by atoms with van der Waals surface area (Å²) in [6.07, 6.45) is 0. The highest BCUT2D eigenvalue weighted by atomic mass is 32.2. The van der Waals surface area contributed by atoms with Crippen LogP contribution in [0.1, 0.15) is 35.6 Å². The van der Waals surface area contributed by atoms with Gasteiger partial charge in [-0.25, -0.2) is 13.2 Å². The Labute approximate surface area is 125 Å². The van der Waals surface area contributed by atoms with E-state index in [-0.39, 0.29) is 35.3 Å². The van der Waals surface area contributed by atoms with Gasteiger partial charge in [-0.15, -0.1) is 0 Å². The second kappa shape index (κ2) is 6.59. The molecule has 21 heavy (non-hydrogen) atoms. The maximum absolute atomic E-state index is 12.8. The third-order valence-corrected chi connectivity index (χ3v) is 5.72. The lowest BCUT2D eigenvalue weighted by Gasteiger charge is -2.27. The van der Waals surface area contributed by atoms with Gasteiger partial charge in [0.05, 0.1) is 6.61 Å². The lowest BCUT2D eigenvalue weighted by atomic mass is 10.2. The SMILES string of the molecule is CCN(C(C)COC)S(=O)(=O)c1c(C)[nH]c(C(=O)O)c1C. The van der Waals surface area contributed by atoms with Gasteiger partial charge in [-0.2, -0.15) is 4.31 Å². The summed E-state index contributed by atoms with van der Waals surface area (Å²) in [6.45, 7) is 7.08. The molecule has 1 heterocycles. The molecule has 7 nitrogen and oxygen atoms in total. The molecule has 0 saturated carbocycles. The first-order valence-corrected chi connectivity index (χ1v) is 8.05. The molecular formula is C13H22N2O5S. The number of carbonyl (C=O) groups is 1. The van der Waals surface area contributed by atoms with Crippen LogP contribution in [0.15, 0.2) is 4.90 Å². The lowest BCUT2D eigenvalue weighted by Crippen LogP contribution is -2.41. The van der Waals surface area contributed by atoms with Crippen molar-refractivity contribution in [3.63, 3.8) is 0 Å². The van der Waals surface area contributed by atoms with Gasteiger partial charge in [0.2, 0.25) is 10.0 Å². The smallest absolute Gasteiger partial charge is 0.352 e. The molecule has 0 saturated heterocycles. The number of aryl methyl sites for hydroxylation is 1. The average molecular weight is 318 g/mol. The summed E-state index contributed by atoms with van der Waals surface area (Å²) in [4.78, 5) is 13.8. The Bertz CT molecular complexity index is 621. The van der Waals surface area contributed by atoms with Crippen molar-refractivity contribution in [3.05, 3.63) is 17.0 Å². The number of ether oxygens (including phenoxy) is 1. The fourth-order valence-electron chi connectivity index (χ4n) is 2.49. The number of nitrogens with zero attached hydrogens (tertiary/aromatic N) is 1. The Morgan fingerprint density at radius 1 is 1.43 bits per heavy atom. The molecule has 1 atom stereocenters. The topological polar surface area (TPSA) is 99.7 Å². The van der Waals surface area contributed by atoms with Crippen LogP contribution in [0, 0.1) is 13.8 Å². The minimum Gasteiger partial charge on any atom is -0.477 e. The first kappa shape index (κ1) is 17.7. The summed E-state index contributed by atoms with van der Waals surface area (Å²) in [5, 5.41) is 9.10. The van der Waals surface area contributed by atoms with Crippen LogP contribution in [0.2, 0.25) is 0 Å². The lowest BCUT2D eigenvalue weighted by molar-refractivity contribution is 0.0690. The van der Waals surface area contributed by atoms with Crippen molar-refractivity contribution in [2.45, 2.75) is 38.6 Å². The minimum absolute atomic E-state index is 0.0321. The maximum atomic E-state index is 12.8. The van der Waals surface area contributed by atoms with Crippen molar-refractivity contribution in [3.8, 4) is 0 Å². The second-order valence-electron chi connectivity index (χ2n) is 4.90. The number of aromatic amines is 1. The largest absolute Gasteiger partial charge is 0.477 e. The predicted molar refractivity (Wildman–Crippen MR) is 78.1 cm³/mol. The van der Waals surface area contributed by atoms with Gasteiger partial charge in [0.1, 0.15) is 10.6 Å². The number of aromatic nitrogens is 1. The summed E-state index contributed by atoms with van der Waals surface area (Å²) in [5.41, 5.74) is 0.456. The third kappa shape index (κ3) is 3.28. The molecule has 0 aliphatic heterocycles. The van der Waals surface area contributed by atoms with Crippen LogP contribution in [0.25, 0.3) is 0 Å². The van der Waals surface area contributed by atoms with Crippen molar-refractivity contribution in [2.24, 2.45) is 0 Å². The summed E-state index contributed by atoms with van der Waals surface area (Å²) in [7, 11) is -2.28. The number of carboxylic acids is 1. The molecule has 0 fully saturated rings. The Morgan fingerprint density at radius 2 is 2.00 bits per heavy atom. The van der Waals surface area contributed by atoms with Crippen LogP contribution in [-0.4, -0.2) is 55.1 Å². The summed E-state index contributed by atoms with van der Waals surface area (Å²) in [5.74, 6) is -1.18. The molecule has 0 amide bonds. The van der Waals surface area contributed by atoms with Gasteiger partial charge in [-0.1, -0.05) is 6.92 Å². The first-order chi connectivity index (χ1) is 9.68. The van der Waals surface area contributed by atoms with Gasteiger partial charge in [0.15, 0.2) is 0 Å². The molecule has 0 aliphatic rings. The maximum Gasteiger partial charge on any atom is 0.352 e. The van der Waals surface area contributed by atoms with E-state index in [0.29, 0.717) is 5.69 Å². The molecule has 0 radical (unpaired) electrons. The van der Waals surface area contributed by atoms with E-state index in [0.717, 1.165) is 0 Å². The number of aromatic carboxylic acids is 1. The fourth-order valence-corrected chi connectivity index (χ4v) is 4.53. The van der Waals surface area contributed by atoms with Crippen molar-refractivity contribution in [1.82, 2.24) is 9.29 Å². The van der Waals surface area contributed by atoms with Crippen molar-refractivity contribution < 1.29 is 23.1 Å². The van der Waals surface area contributed by atoms with E-state index in [1.54, 1.807) is 20.8 Å².